The van der Waals surface area contributed by atoms with Gasteiger partial charge in [-0.25, -0.2) is 0 Å². The number of hydrogen-bond acceptors (Lipinski definition) is 4. The number of nitrogens with zero attached hydrogens (tertiary/aromatic N) is 1. The summed E-state index contributed by atoms with van der Waals surface area (Å²) in [6, 6.07) is 18.4. The number of ether oxygens (including phenoxy) is 2. The minimum atomic E-state index is 0.533. The second-order valence-corrected chi connectivity index (χ2v) is 6.39. The molecule has 4 heteroatoms. The zero-order chi connectivity index (χ0) is 18.9. The predicted octanol–water partition coefficient (Wildman–Crippen LogP) is 4.66. The van der Waals surface area contributed by atoms with E-state index in [0.717, 1.165) is 30.2 Å². The second-order valence-electron chi connectivity index (χ2n) is 6.39. The van der Waals surface area contributed by atoms with Crippen molar-refractivity contribution >= 4 is 0 Å². The maximum atomic E-state index is 6.03. The summed E-state index contributed by atoms with van der Waals surface area (Å²) in [5, 5.41) is 3.44. The molecule has 0 bridgehead atoms. The molecule has 1 N–H and O–H groups in total. The summed E-state index contributed by atoms with van der Waals surface area (Å²) in [7, 11) is 0. The highest BCUT2D eigenvalue weighted by atomic mass is 16.5. The van der Waals surface area contributed by atoms with Gasteiger partial charge in [0.2, 0.25) is 0 Å². The molecule has 27 heavy (non-hydrogen) atoms. The summed E-state index contributed by atoms with van der Waals surface area (Å²) in [5.74, 6) is 1.56. The Morgan fingerprint density at radius 1 is 0.889 bits per heavy atom. The fourth-order valence-corrected chi connectivity index (χ4v) is 2.83. The smallest absolute Gasteiger partial charge is 0.161 e. The highest BCUT2D eigenvalue weighted by molar-refractivity contribution is 5.43. The fraction of sp³-hybridized carbons (Fsp3) is 0.261. The molecule has 0 amide bonds. The largest absolute Gasteiger partial charge is 0.490 e. The van der Waals surface area contributed by atoms with Crippen LogP contribution in [0.1, 0.15) is 29.2 Å². The molecule has 0 aliphatic rings. The minimum absolute atomic E-state index is 0.533. The maximum absolute atomic E-state index is 6.03. The van der Waals surface area contributed by atoms with Gasteiger partial charge in [0.25, 0.3) is 0 Å². The van der Waals surface area contributed by atoms with E-state index in [-0.39, 0.29) is 0 Å². The van der Waals surface area contributed by atoms with E-state index in [0.29, 0.717) is 13.2 Å². The topological polar surface area (TPSA) is 43.4 Å². The highest BCUT2D eigenvalue weighted by Crippen LogP contribution is 2.29. The lowest BCUT2D eigenvalue weighted by atomic mass is 10.1. The van der Waals surface area contributed by atoms with Gasteiger partial charge in [-0.15, -0.1) is 0 Å². The first-order valence-electron chi connectivity index (χ1n) is 9.29. The third-order valence-corrected chi connectivity index (χ3v) is 4.33. The van der Waals surface area contributed by atoms with Crippen molar-refractivity contribution in [3.8, 4) is 11.5 Å². The van der Waals surface area contributed by atoms with Gasteiger partial charge in [-0.05, 0) is 54.3 Å². The molecule has 0 spiro atoms. The van der Waals surface area contributed by atoms with Gasteiger partial charge in [0.15, 0.2) is 11.5 Å². The maximum Gasteiger partial charge on any atom is 0.161 e. The van der Waals surface area contributed by atoms with Crippen LogP contribution in [-0.2, 0) is 19.7 Å². The van der Waals surface area contributed by atoms with E-state index < -0.39 is 0 Å². The summed E-state index contributed by atoms with van der Waals surface area (Å²) in [6.07, 6.45) is 3.66. The van der Waals surface area contributed by atoms with Crippen LogP contribution < -0.4 is 14.8 Å². The number of aromatic nitrogens is 1. The Balaban J connectivity index is 1.62. The van der Waals surface area contributed by atoms with Crippen LogP contribution in [-0.4, -0.2) is 11.6 Å². The van der Waals surface area contributed by atoms with Crippen LogP contribution >= 0.6 is 0 Å². The van der Waals surface area contributed by atoms with E-state index in [2.05, 4.69) is 41.5 Å². The Labute approximate surface area is 161 Å². The van der Waals surface area contributed by atoms with Gasteiger partial charge in [0.05, 0.1) is 6.61 Å². The summed E-state index contributed by atoms with van der Waals surface area (Å²) in [4.78, 5) is 4.14. The zero-order valence-electron chi connectivity index (χ0n) is 15.9. The lowest BCUT2D eigenvalue weighted by molar-refractivity contribution is 0.268. The van der Waals surface area contributed by atoms with Gasteiger partial charge in [0.1, 0.15) is 6.61 Å². The lowest BCUT2D eigenvalue weighted by Gasteiger charge is -2.14. The first-order chi connectivity index (χ1) is 13.3. The molecule has 0 aliphatic carbocycles. The van der Waals surface area contributed by atoms with Crippen LogP contribution in [0.2, 0.25) is 0 Å². The summed E-state index contributed by atoms with van der Waals surface area (Å²) in [5.41, 5.74) is 4.74. The highest BCUT2D eigenvalue weighted by Gasteiger charge is 2.08. The molecule has 0 aliphatic heterocycles. The van der Waals surface area contributed by atoms with Crippen molar-refractivity contribution in [3.63, 3.8) is 0 Å². The molecule has 2 aromatic carbocycles. The number of rotatable bonds is 9. The first kappa shape index (κ1) is 18.9. The van der Waals surface area contributed by atoms with Crippen molar-refractivity contribution in [1.29, 1.82) is 0 Å². The van der Waals surface area contributed by atoms with Crippen molar-refractivity contribution in [2.45, 2.75) is 33.5 Å². The molecule has 0 unspecified atom stereocenters. The standard InChI is InChI=1S/C23H26N2O2/c1-3-26-23-13-19(14-25-16-20-8-6-12-24-15-20)10-11-22(23)27-17-21-9-5-4-7-18(21)2/h4-13,15,25H,3,14,16-17H2,1-2H3. The van der Waals surface area contributed by atoms with Gasteiger partial charge in [-0.1, -0.05) is 36.4 Å². The quantitative estimate of drug-likeness (QED) is 0.601. The second kappa shape index (κ2) is 9.74. The van der Waals surface area contributed by atoms with E-state index in [4.69, 9.17) is 9.47 Å². The van der Waals surface area contributed by atoms with E-state index in [9.17, 15) is 0 Å². The van der Waals surface area contributed by atoms with Crippen LogP contribution in [0.4, 0.5) is 0 Å². The Kier molecular flexibility index (Phi) is 6.83. The predicted molar refractivity (Wildman–Crippen MR) is 108 cm³/mol. The van der Waals surface area contributed by atoms with Crippen molar-refractivity contribution in [3.05, 3.63) is 89.2 Å². The van der Waals surface area contributed by atoms with Crippen molar-refractivity contribution < 1.29 is 9.47 Å². The van der Waals surface area contributed by atoms with Crippen LogP contribution in [0.25, 0.3) is 0 Å². The molecule has 0 saturated carbocycles. The van der Waals surface area contributed by atoms with Gasteiger partial charge in [-0.2, -0.15) is 0 Å². The third-order valence-electron chi connectivity index (χ3n) is 4.33. The molecule has 0 saturated heterocycles. The zero-order valence-corrected chi connectivity index (χ0v) is 15.9. The number of nitrogens with one attached hydrogen (secondary N) is 1. The number of aryl methyl sites for hydroxylation is 1. The average Bonchev–Trinajstić information content (AvgIpc) is 2.69. The minimum Gasteiger partial charge on any atom is -0.490 e. The molecule has 0 fully saturated rings. The first-order valence-corrected chi connectivity index (χ1v) is 9.29. The molecular weight excluding hydrogens is 336 g/mol. The van der Waals surface area contributed by atoms with Gasteiger partial charge >= 0.3 is 0 Å². The molecule has 4 nitrogen and oxygen atoms in total. The molecule has 3 rings (SSSR count). The monoisotopic (exact) mass is 362 g/mol. The van der Waals surface area contributed by atoms with Crippen LogP contribution in [0.15, 0.2) is 67.0 Å². The molecule has 3 aromatic rings. The molecule has 140 valence electrons. The number of benzene rings is 2. The molecular formula is C23H26N2O2. The molecule has 1 heterocycles. The Morgan fingerprint density at radius 2 is 1.74 bits per heavy atom. The van der Waals surface area contributed by atoms with Crippen molar-refractivity contribution in [2.24, 2.45) is 0 Å². The summed E-state index contributed by atoms with van der Waals surface area (Å²) in [6.45, 7) is 6.76. The molecule has 0 atom stereocenters. The van der Waals surface area contributed by atoms with Crippen molar-refractivity contribution in [1.82, 2.24) is 10.3 Å². The van der Waals surface area contributed by atoms with Gasteiger partial charge < -0.3 is 14.8 Å². The fourth-order valence-electron chi connectivity index (χ4n) is 2.83. The van der Waals surface area contributed by atoms with Crippen LogP contribution in [0.5, 0.6) is 11.5 Å². The summed E-state index contributed by atoms with van der Waals surface area (Å²) < 4.78 is 11.8. The van der Waals surface area contributed by atoms with Crippen molar-refractivity contribution in [2.75, 3.05) is 6.61 Å². The molecule has 1 aromatic heterocycles. The summed E-state index contributed by atoms with van der Waals surface area (Å²) >= 11 is 0. The van der Waals surface area contributed by atoms with Gasteiger partial charge in [0, 0.05) is 25.5 Å². The normalized spacial score (nSPS) is 10.6. The van der Waals surface area contributed by atoms with Gasteiger partial charge in [-0.3, -0.25) is 4.98 Å². The van der Waals surface area contributed by atoms with E-state index in [1.54, 1.807) is 6.20 Å². The van der Waals surface area contributed by atoms with E-state index in [1.807, 2.05) is 43.5 Å². The van der Waals surface area contributed by atoms with Crippen LogP contribution in [0.3, 0.4) is 0 Å². The number of hydrogen-bond donors (Lipinski definition) is 1. The average molecular weight is 362 g/mol. The SMILES string of the molecule is CCOc1cc(CNCc2cccnc2)ccc1OCc1ccccc1C. The Morgan fingerprint density at radius 3 is 2.52 bits per heavy atom. The van der Waals surface area contributed by atoms with Crippen LogP contribution in [0, 0.1) is 6.92 Å². The molecule has 0 radical (unpaired) electrons. The lowest BCUT2D eigenvalue weighted by Crippen LogP contribution is -2.13. The van der Waals surface area contributed by atoms with E-state index >= 15 is 0 Å². The third kappa shape index (κ3) is 5.56. The Hall–Kier alpha value is -2.85. The van der Waals surface area contributed by atoms with E-state index in [1.165, 1.54) is 16.7 Å². The number of pyridine rings is 1. The Bertz CT molecular complexity index is 850.